The molecule has 0 spiro atoms. The van der Waals surface area contributed by atoms with Crippen LogP contribution in [-0.2, 0) is 29.2 Å². The van der Waals surface area contributed by atoms with Crippen LogP contribution in [0.1, 0.15) is 35.6 Å². The SMILES string of the molecule is CC#Cc1ccccc1CNC(=O)C[C@H]([NH3+])C(=O)NCc1ccc(CN(C)C)c(B(O)O)c1. The first-order valence-corrected chi connectivity index (χ1v) is 10.7. The van der Waals surface area contributed by atoms with E-state index in [0.29, 0.717) is 18.6 Å². The van der Waals surface area contributed by atoms with Gasteiger partial charge in [0.25, 0.3) is 5.91 Å². The number of hydrogen-bond acceptors (Lipinski definition) is 5. The molecule has 2 rings (SSSR count). The average molecular weight is 451 g/mol. The van der Waals surface area contributed by atoms with Gasteiger partial charge in [0, 0.05) is 25.2 Å². The quantitative estimate of drug-likeness (QED) is 0.227. The van der Waals surface area contributed by atoms with Crippen LogP contribution in [0, 0.1) is 11.8 Å². The van der Waals surface area contributed by atoms with E-state index < -0.39 is 13.2 Å². The Balaban J connectivity index is 1.88. The summed E-state index contributed by atoms with van der Waals surface area (Å²) >= 11 is 0. The molecule has 2 aromatic carbocycles. The zero-order valence-electron chi connectivity index (χ0n) is 19.4. The van der Waals surface area contributed by atoms with Crippen molar-refractivity contribution in [1.29, 1.82) is 0 Å². The van der Waals surface area contributed by atoms with Crippen molar-refractivity contribution in [2.45, 2.75) is 39.0 Å². The van der Waals surface area contributed by atoms with Crippen LogP contribution in [0.15, 0.2) is 42.5 Å². The molecule has 0 radical (unpaired) electrons. The summed E-state index contributed by atoms with van der Waals surface area (Å²) in [6, 6.07) is 12.1. The lowest BCUT2D eigenvalue weighted by atomic mass is 9.76. The second-order valence-electron chi connectivity index (χ2n) is 8.07. The van der Waals surface area contributed by atoms with Crippen molar-refractivity contribution in [3.63, 3.8) is 0 Å². The summed E-state index contributed by atoms with van der Waals surface area (Å²) in [6.07, 6.45) is -0.0458. The maximum absolute atomic E-state index is 12.4. The largest absolute Gasteiger partial charge is 0.488 e. The van der Waals surface area contributed by atoms with Crippen molar-refractivity contribution < 1.29 is 25.4 Å². The lowest BCUT2D eigenvalue weighted by Gasteiger charge is -2.16. The minimum absolute atomic E-state index is 0.0458. The van der Waals surface area contributed by atoms with Gasteiger partial charge in [0.2, 0.25) is 5.91 Å². The van der Waals surface area contributed by atoms with Gasteiger partial charge < -0.3 is 31.3 Å². The number of carbonyl (C=O) groups excluding carboxylic acids is 2. The van der Waals surface area contributed by atoms with Gasteiger partial charge >= 0.3 is 7.12 Å². The molecular weight excluding hydrogens is 419 g/mol. The van der Waals surface area contributed by atoms with Gasteiger partial charge in [-0.25, -0.2) is 0 Å². The van der Waals surface area contributed by atoms with Crippen molar-refractivity contribution >= 4 is 24.4 Å². The maximum atomic E-state index is 12.4. The van der Waals surface area contributed by atoms with E-state index >= 15 is 0 Å². The highest BCUT2D eigenvalue weighted by molar-refractivity contribution is 6.59. The molecule has 0 unspecified atom stereocenters. The topological polar surface area (TPSA) is 130 Å². The second kappa shape index (κ2) is 12.8. The Morgan fingerprint density at radius 3 is 2.48 bits per heavy atom. The number of nitrogens with zero attached hydrogens (tertiary/aromatic N) is 1. The lowest BCUT2D eigenvalue weighted by Crippen LogP contribution is -2.68. The molecule has 0 aromatic heterocycles. The summed E-state index contributed by atoms with van der Waals surface area (Å²) in [4.78, 5) is 26.6. The van der Waals surface area contributed by atoms with Gasteiger partial charge in [-0.05, 0) is 49.2 Å². The molecule has 0 saturated heterocycles. The van der Waals surface area contributed by atoms with Gasteiger partial charge in [-0.15, -0.1) is 5.92 Å². The molecule has 2 aromatic rings. The number of quaternary nitrogens is 1. The van der Waals surface area contributed by atoms with Gasteiger partial charge in [0.15, 0.2) is 6.04 Å². The van der Waals surface area contributed by atoms with Gasteiger partial charge in [-0.3, -0.25) is 9.59 Å². The summed E-state index contributed by atoms with van der Waals surface area (Å²) in [5.74, 6) is 5.22. The Labute approximate surface area is 195 Å². The van der Waals surface area contributed by atoms with E-state index in [4.69, 9.17) is 0 Å². The number of hydrogen-bond donors (Lipinski definition) is 5. The number of amides is 2. The molecule has 0 heterocycles. The zero-order valence-corrected chi connectivity index (χ0v) is 19.4. The molecule has 0 fully saturated rings. The van der Waals surface area contributed by atoms with Crippen LogP contribution in [0.25, 0.3) is 0 Å². The summed E-state index contributed by atoms with van der Waals surface area (Å²) in [7, 11) is 2.18. The molecule has 0 saturated carbocycles. The Kier molecular flexibility index (Phi) is 10.1. The van der Waals surface area contributed by atoms with Crippen molar-refractivity contribution in [3.05, 3.63) is 64.7 Å². The predicted molar refractivity (Wildman–Crippen MR) is 128 cm³/mol. The van der Waals surface area contributed by atoms with Gasteiger partial charge in [-0.1, -0.05) is 42.3 Å². The van der Waals surface area contributed by atoms with Crippen LogP contribution in [0.3, 0.4) is 0 Å². The standard InChI is InChI=1S/C24H31BN4O4/c1-4-7-18-8-5-6-9-19(18)15-27-23(30)13-22(26)24(31)28-14-17-10-11-20(16-29(2)3)21(12-17)25(32)33/h5-6,8-12,22,32-33H,13-16,26H2,1-3H3,(H,27,30)(H,28,31)/p+1/t22-/m0/s1. The number of benzene rings is 2. The molecule has 0 aliphatic heterocycles. The van der Waals surface area contributed by atoms with Crippen LogP contribution >= 0.6 is 0 Å². The molecule has 174 valence electrons. The van der Waals surface area contributed by atoms with E-state index in [1.165, 1.54) is 0 Å². The third-order valence-electron chi connectivity index (χ3n) is 5.00. The smallest absolute Gasteiger partial charge is 0.423 e. The van der Waals surface area contributed by atoms with Crippen molar-refractivity contribution in [3.8, 4) is 11.8 Å². The summed E-state index contributed by atoms with van der Waals surface area (Å²) in [6.45, 7) is 2.83. The molecule has 1 atom stereocenters. The fraction of sp³-hybridized carbons (Fsp3) is 0.333. The highest BCUT2D eigenvalue weighted by Crippen LogP contribution is 2.08. The Bertz CT molecular complexity index is 1030. The van der Waals surface area contributed by atoms with Gasteiger partial charge in [0.1, 0.15) is 0 Å². The number of nitrogens with one attached hydrogen (secondary N) is 2. The van der Waals surface area contributed by atoms with Gasteiger partial charge in [-0.2, -0.15) is 0 Å². The highest BCUT2D eigenvalue weighted by atomic mass is 16.4. The fourth-order valence-corrected chi connectivity index (χ4v) is 3.33. The summed E-state index contributed by atoms with van der Waals surface area (Å²) in [5.41, 5.74) is 7.48. The van der Waals surface area contributed by atoms with E-state index in [1.807, 2.05) is 55.4 Å². The van der Waals surface area contributed by atoms with E-state index in [9.17, 15) is 19.6 Å². The van der Waals surface area contributed by atoms with Crippen LogP contribution in [0.2, 0.25) is 0 Å². The molecule has 7 N–H and O–H groups in total. The van der Waals surface area contributed by atoms with E-state index in [1.54, 1.807) is 13.0 Å². The third-order valence-corrected chi connectivity index (χ3v) is 5.00. The molecule has 0 bridgehead atoms. The first kappa shape index (κ1) is 26.1. The Morgan fingerprint density at radius 2 is 1.82 bits per heavy atom. The molecule has 0 aliphatic carbocycles. The molecule has 9 heteroatoms. The summed E-state index contributed by atoms with van der Waals surface area (Å²) < 4.78 is 0. The van der Waals surface area contributed by atoms with Crippen LogP contribution < -0.4 is 21.8 Å². The van der Waals surface area contributed by atoms with Crippen molar-refractivity contribution in [1.82, 2.24) is 15.5 Å². The van der Waals surface area contributed by atoms with E-state index in [-0.39, 0.29) is 24.8 Å². The normalized spacial score (nSPS) is 11.4. The highest BCUT2D eigenvalue weighted by Gasteiger charge is 2.22. The van der Waals surface area contributed by atoms with Crippen molar-refractivity contribution in [2.24, 2.45) is 0 Å². The molecule has 8 nitrogen and oxygen atoms in total. The molecule has 0 aliphatic rings. The first-order chi connectivity index (χ1) is 15.7. The Morgan fingerprint density at radius 1 is 1.09 bits per heavy atom. The Hall–Kier alpha value is -3.16. The van der Waals surface area contributed by atoms with Crippen molar-refractivity contribution in [2.75, 3.05) is 14.1 Å². The molecule has 2 amide bonds. The zero-order chi connectivity index (χ0) is 24.4. The molecule has 33 heavy (non-hydrogen) atoms. The van der Waals surface area contributed by atoms with E-state index in [2.05, 4.69) is 28.2 Å². The molecular formula is C24H32BN4O4+. The fourth-order valence-electron chi connectivity index (χ4n) is 3.33. The van der Waals surface area contributed by atoms with E-state index in [0.717, 1.165) is 22.3 Å². The number of carbonyl (C=O) groups is 2. The minimum Gasteiger partial charge on any atom is -0.423 e. The third kappa shape index (κ3) is 8.37. The number of rotatable bonds is 10. The maximum Gasteiger partial charge on any atom is 0.488 e. The summed E-state index contributed by atoms with van der Waals surface area (Å²) in [5, 5.41) is 24.9. The predicted octanol–water partition coefficient (Wildman–Crippen LogP) is -1.27. The van der Waals surface area contributed by atoms with Crippen LogP contribution in [0.4, 0.5) is 0 Å². The van der Waals surface area contributed by atoms with Crippen LogP contribution in [-0.4, -0.2) is 54.0 Å². The monoisotopic (exact) mass is 451 g/mol. The average Bonchev–Trinajstić information content (AvgIpc) is 2.77. The minimum atomic E-state index is -1.60. The lowest BCUT2D eigenvalue weighted by molar-refractivity contribution is -0.402. The van der Waals surface area contributed by atoms with Crippen LogP contribution in [0.5, 0.6) is 0 Å². The second-order valence-corrected chi connectivity index (χ2v) is 8.07. The van der Waals surface area contributed by atoms with Gasteiger partial charge in [0.05, 0.1) is 6.42 Å². The first-order valence-electron chi connectivity index (χ1n) is 10.7.